The van der Waals surface area contributed by atoms with E-state index in [1.807, 2.05) is 32.0 Å². The van der Waals surface area contributed by atoms with Crippen molar-refractivity contribution in [3.05, 3.63) is 34.9 Å². The van der Waals surface area contributed by atoms with Crippen molar-refractivity contribution >= 4 is 11.8 Å². The molecule has 1 aromatic carbocycles. The molecule has 4 aliphatic carbocycles. The highest BCUT2D eigenvalue weighted by molar-refractivity contribution is 5.96. The minimum Gasteiger partial charge on any atom is -0.352 e. The molecule has 5 rings (SSSR count). The van der Waals surface area contributed by atoms with E-state index < -0.39 is 0 Å². The maximum atomic E-state index is 12.5. The molecule has 27 heavy (non-hydrogen) atoms. The number of carbonyl (C=O) groups is 2. The van der Waals surface area contributed by atoms with E-state index in [0.717, 1.165) is 28.9 Å². The summed E-state index contributed by atoms with van der Waals surface area (Å²) < 4.78 is 0. The highest BCUT2D eigenvalue weighted by Crippen LogP contribution is 2.61. The van der Waals surface area contributed by atoms with E-state index in [-0.39, 0.29) is 24.4 Å². The average molecular weight is 369 g/mol. The van der Waals surface area contributed by atoms with Crippen molar-refractivity contribution in [3.8, 4) is 0 Å². The Hall–Kier alpha value is -1.84. The van der Waals surface area contributed by atoms with E-state index in [1.165, 1.54) is 38.5 Å². The number of rotatable bonds is 5. The van der Waals surface area contributed by atoms with Crippen molar-refractivity contribution in [2.24, 2.45) is 23.2 Å². The summed E-state index contributed by atoms with van der Waals surface area (Å²) in [4.78, 5) is 24.9. The van der Waals surface area contributed by atoms with Crippen LogP contribution < -0.4 is 10.6 Å². The number of aryl methyl sites for hydroxylation is 2. The fourth-order valence-corrected chi connectivity index (χ4v) is 6.52. The Morgan fingerprint density at radius 1 is 1.00 bits per heavy atom. The first-order valence-electron chi connectivity index (χ1n) is 10.5. The Morgan fingerprint density at radius 3 is 2.04 bits per heavy atom. The number of carbonyl (C=O) groups excluding carboxylic acids is 2. The summed E-state index contributed by atoms with van der Waals surface area (Å²) in [6.45, 7) is 6.17. The summed E-state index contributed by atoms with van der Waals surface area (Å²) in [6.07, 6.45) is 8.05. The van der Waals surface area contributed by atoms with Gasteiger partial charge in [-0.3, -0.25) is 9.59 Å². The molecule has 1 aromatic rings. The third-order valence-electron chi connectivity index (χ3n) is 7.28. The summed E-state index contributed by atoms with van der Waals surface area (Å²) in [6, 6.07) is 5.95. The summed E-state index contributed by atoms with van der Waals surface area (Å²) in [5, 5.41) is 5.99. The maximum absolute atomic E-state index is 12.5. The SMILES string of the molecule is Cc1cc(C)cc(C(=O)NCC(=O)NC(C)C23CC4CC(CC(C4)C2)C3)c1. The van der Waals surface area contributed by atoms with Gasteiger partial charge in [0.25, 0.3) is 5.91 Å². The molecule has 2 N–H and O–H groups in total. The number of hydrogen-bond acceptors (Lipinski definition) is 2. The second kappa shape index (κ2) is 6.96. The van der Waals surface area contributed by atoms with Gasteiger partial charge in [-0.1, -0.05) is 17.2 Å². The van der Waals surface area contributed by atoms with Gasteiger partial charge >= 0.3 is 0 Å². The zero-order chi connectivity index (χ0) is 19.2. The molecule has 0 aliphatic heterocycles. The van der Waals surface area contributed by atoms with Crippen molar-refractivity contribution in [1.29, 1.82) is 0 Å². The Kier molecular flexibility index (Phi) is 4.77. The summed E-state index contributed by atoms with van der Waals surface area (Å²) in [7, 11) is 0. The lowest BCUT2D eigenvalue weighted by molar-refractivity contribution is -0.124. The molecule has 0 heterocycles. The van der Waals surface area contributed by atoms with Crippen molar-refractivity contribution in [2.45, 2.75) is 65.3 Å². The van der Waals surface area contributed by atoms with Crippen molar-refractivity contribution in [1.82, 2.24) is 10.6 Å². The van der Waals surface area contributed by atoms with Crippen LogP contribution in [-0.2, 0) is 4.79 Å². The Morgan fingerprint density at radius 2 is 1.52 bits per heavy atom. The number of benzene rings is 1. The number of hydrogen-bond donors (Lipinski definition) is 2. The van der Waals surface area contributed by atoms with E-state index in [0.29, 0.717) is 11.0 Å². The molecule has 4 fully saturated rings. The molecule has 4 aliphatic rings. The molecule has 2 amide bonds. The van der Waals surface area contributed by atoms with Crippen molar-refractivity contribution < 1.29 is 9.59 Å². The van der Waals surface area contributed by atoms with Crippen LogP contribution in [0.4, 0.5) is 0 Å². The summed E-state index contributed by atoms with van der Waals surface area (Å²) >= 11 is 0. The highest BCUT2D eigenvalue weighted by Gasteiger charge is 2.53. The third-order valence-corrected chi connectivity index (χ3v) is 7.28. The van der Waals surface area contributed by atoms with Gasteiger partial charge < -0.3 is 10.6 Å². The minimum absolute atomic E-state index is 0.0442. The van der Waals surface area contributed by atoms with Gasteiger partial charge in [-0.05, 0) is 94.6 Å². The molecule has 1 atom stereocenters. The van der Waals surface area contributed by atoms with Gasteiger partial charge in [0.05, 0.1) is 6.54 Å². The van der Waals surface area contributed by atoms with Crippen molar-refractivity contribution in [2.75, 3.05) is 6.54 Å². The van der Waals surface area contributed by atoms with Crippen LogP contribution >= 0.6 is 0 Å². The molecule has 4 bridgehead atoms. The number of amides is 2. The fraction of sp³-hybridized carbons (Fsp3) is 0.652. The Labute approximate surface area is 162 Å². The zero-order valence-electron chi connectivity index (χ0n) is 16.8. The molecular weight excluding hydrogens is 336 g/mol. The van der Waals surface area contributed by atoms with E-state index in [1.54, 1.807) is 0 Å². The molecule has 0 saturated heterocycles. The van der Waals surface area contributed by atoms with Gasteiger partial charge in [-0.2, -0.15) is 0 Å². The van der Waals surface area contributed by atoms with Crippen LogP contribution in [0.2, 0.25) is 0 Å². The molecule has 1 unspecified atom stereocenters. The molecule has 4 saturated carbocycles. The largest absolute Gasteiger partial charge is 0.352 e. The molecule has 4 nitrogen and oxygen atoms in total. The average Bonchev–Trinajstić information content (AvgIpc) is 2.57. The number of nitrogens with one attached hydrogen (secondary N) is 2. The highest BCUT2D eigenvalue weighted by atomic mass is 16.2. The molecule has 0 radical (unpaired) electrons. The summed E-state index contributed by atoms with van der Waals surface area (Å²) in [5.41, 5.74) is 3.02. The quantitative estimate of drug-likeness (QED) is 0.831. The fourth-order valence-electron chi connectivity index (χ4n) is 6.52. The third kappa shape index (κ3) is 3.76. The first-order chi connectivity index (χ1) is 12.8. The summed E-state index contributed by atoms with van der Waals surface area (Å²) in [5.74, 6) is 2.37. The van der Waals surface area contributed by atoms with Crippen LogP contribution in [0.1, 0.15) is 66.9 Å². The minimum atomic E-state index is -0.181. The van der Waals surface area contributed by atoms with Crippen LogP contribution in [0.5, 0.6) is 0 Å². The second-order valence-corrected chi connectivity index (χ2v) is 9.63. The predicted molar refractivity (Wildman–Crippen MR) is 106 cm³/mol. The molecule has 0 aromatic heterocycles. The smallest absolute Gasteiger partial charge is 0.251 e. The van der Waals surface area contributed by atoms with Gasteiger partial charge in [0.2, 0.25) is 5.91 Å². The van der Waals surface area contributed by atoms with Gasteiger partial charge in [0.15, 0.2) is 0 Å². The lowest BCUT2D eigenvalue weighted by Crippen LogP contribution is -2.56. The first kappa shape index (κ1) is 18.5. The van der Waals surface area contributed by atoms with Crippen LogP contribution in [0.25, 0.3) is 0 Å². The van der Waals surface area contributed by atoms with Crippen LogP contribution in [0, 0.1) is 37.0 Å². The maximum Gasteiger partial charge on any atom is 0.251 e. The topological polar surface area (TPSA) is 58.2 Å². The van der Waals surface area contributed by atoms with Gasteiger partial charge in [0, 0.05) is 11.6 Å². The van der Waals surface area contributed by atoms with E-state index in [4.69, 9.17) is 0 Å². The van der Waals surface area contributed by atoms with Gasteiger partial charge in [-0.15, -0.1) is 0 Å². The molecular formula is C23H32N2O2. The monoisotopic (exact) mass is 368 g/mol. The Balaban J connectivity index is 1.32. The van der Waals surface area contributed by atoms with Crippen LogP contribution in [0.15, 0.2) is 18.2 Å². The lowest BCUT2D eigenvalue weighted by atomic mass is 9.48. The van der Waals surface area contributed by atoms with E-state index in [2.05, 4.69) is 17.6 Å². The van der Waals surface area contributed by atoms with Crippen LogP contribution in [0.3, 0.4) is 0 Å². The Bertz CT molecular complexity index is 699. The van der Waals surface area contributed by atoms with Gasteiger partial charge in [-0.25, -0.2) is 0 Å². The normalized spacial score (nSPS) is 32.2. The molecule has 146 valence electrons. The van der Waals surface area contributed by atoms with Crippen LogP contribution in [-0.4, -0.2) is 24.4 Å². The van der Waals surface area contributed by atoms with E-state index in [9.17, 15) is 9.59 Å². The molecule has 0 spiro atoms. The second-order valence-electron chi connectivity index (χ2n) is 9.63. The molecule has 4 heteroatoms. The van der Waals surface area contributed by atoms with E-state index >= 15 is 0 Å². The zero-order valence-corrected chi connectivity index (χ0v) is 16.8. The van der Waals surface area contributed by atoms with Crippen molar-refractivity contribution in [3.63, 3.8) is 0 Å². The standard InChI is InChI=1S/C23H32N2O2/c1-14-4-15(2)6-20(5-14)22(27)24-13-21(26)25-16(3)23-10-17-7-18(11-23)9-19(8-17)12-23/h4-6,16-19H,7-13H2,1-3H3,(H,24,27)(H,25,26). The lowest BCUT2D eigenvalue weighted by Gasteiger charge is -2.59. The first-order valence-corrected chi connectivity index (χ1v) is 10.5. The predicted octanol–water partition coefficient (Wildman–Crippen LogP) is 3.75. The van der Waals surface area contributed by atoms with Gasteiger partial charge in [0.1, 0.15) is 0 Å².